The van der Waals surface area contributed by atoms with Crippen LogP contribution in [0.25, 0.3) is 0 Å². The zero-order valence-electron chi connectivity index (χ0n) is 12.2. The van der Waals surface area contributed by atoms with Crippen molar-refractivity contribution in [3.63, 3.8) is 0 Å². The summed E-state index contributed by atoms with van der Waals surface area (Å²) in [6, 6.07) is 3.40. The fraction of sp³-hybridized carbons (Fsp3) is 0.538. The molecule has 1 aliphatic rings. The van der Waals surface area contributed by atoms with Crippen LogP contribution in [0.2, 0.25) is 0 Å². The van der Waals surface area contributed by atoms with Gasteiger partial charge in [-0.1, -0.05) is 0 Å². The number of sulfonamides is 1. The Labute approximate surface area is 124 Å². The maximum absolute atomic E-state index is 11.7. The fourth-order valence-electron chi connectivity index (χ4n) is 2.17. The number of carbonyl (C=O) groups is 1. The SMILES string of the molecule is CCS(=O)(=O)N1CC(CNc2ncccc2C(=O)NC)C1. The predicted octanol–water partition coefficient (Wildman–Crippen LogP) is 0.135. The van der Waals surface area contributed by atoms with Crippen LogP contribution in [0, 0.1) is 5.92 Å². The zero-order valence-corrected chi connectivity index (χ0v) is 13.0. The van der Waals surface area contributed by atoms with E-state index in [2.05, 4.69) is 15.6 Å². The van der Waals surface area contributed by atoms with Gasteiger partial charge in [-0.05, 0) is 19.1 Å². The summed E-state index contributed by atoms with van der Waals surface area (Å²) < 4.78 is 24.7. The van der Waals surface area contributed by atoms with Gasteiger partial charge in [0.1, 0.15) is 5.82 Å². The molecule has 0 bridgehead atoms. The van der Waals surface area contributed by atoms with Crippen molar-refractivity contribution in [1.82, 2.24) is 14.6 Å². The maximum Gasteiger partial charge on any atom is 0.254 e. The summed E-state index contributed by atoms with van der Waals surface area (Å²) in [6.45, 7) is 3.28. The van der Waals surface area contributed by atoms with E-state index in [-0.39, 0.29) is 17.6 Å². The molecule has 7 nitrogen and oxygen atoms in total. The Balaban J connectivity index is 1.90. The third kappa shape index (κ3) is 3.51. The van der Waals surface area contributed by atoms with Crippen LogP contribution in [0.15, 0.2) is 18.3 Å². The van der Waals surface area contributed by atoms with Crippen LogP contribution in [0.1, 0.15) is 17.3 Å². The van der Waals surface area contributed by atoms with Gasteiger partial charge < -0.3 is 10.6 Å². The van der Waals surface area contributed by atoms with Gasteiger partial charge in [0, 0.05) is 38.8 Å². The average molecular weight is 312 g/mol. The highest BCUT2D eigenvalue weighted by Gasteiger charge is 2.34. The van der Waals surface area contributed by atoms with E-state index < -0.39 is 10.0 Å². The molecule has 0 aromatic carbocycles. The van der Waals surface area contributed by atoms with E-state index in [1.165, 1.54) is 4.31 Å². The molecule has 0 radical (unpaired) electrons. The minimum absolute atomic E-state index is 0.133. The molecule has 2 rings (SSSR count). The van der Waals surface area contributed by atoms with Crippen molar-refractivity contribution in [2.45, 2.75) is 6.92 Å². The van der Waals surface area contributed by atoms with Gasteiger partial charge in [-0.25, -0.2) is 17.7 Å². The molecule has 8 heteroatoms. The van der Waals surface area contributed by atoms with Gasteiger partial charge in [0.15, 0.2) is 0 Å². The Hall–Kier alpha value is -1.67. The third-order valence-electron chi connectivity index (χ3n) is 3.52. The fourth-order valence-corrected chi connectivity index (χ4v) is 3.41. The van der Waals surface area contributed by atoms with Crippen LogP contribution in [0.5, 0.6) is 0 Å². The minimum atomic E-state index is -3.08. The molecule has 0 unspecified atom stereocenters. The molecule has 0 atom stereocenters. The lowest BCUT2D eigenvalue weighted by atomic mass is 10.0. The molecule has 2 N–H and O–H groups in total. The number of rotatable bonds is 6. The molecule has 1 amide bonds. The number of pyridine rings is 1. The highest BCUT2D eigenvalue weighted by Crippen LogP contribution is 2.21. The normalized spacial score (nSPS) is 16.3. The number of aromatic nitrogens is 1. The van der Waals surface area contributed by atoms with E-state index in [0.717, 1.165) is 0 Å². The summed E-state index contributed by atoms with van der Waals surface area (Å²) in [5.41, 5.74) is 0.484. The first-order valence-electron chi connectivity index (χ1n) is 6.86. The monoisotopic (exact) mass is 312 g/mol. The molecule has 21 heavy (non-hydrogen) atoms. The molecule has 1 aromatic rings. The Morgan fingerprint density at radius 2 is 2.19 bits per heavy atom. The van der Waals surface area contributed by atoms with Crippen LogP contribution >= 0.6 is 0 Å². The van der Waals surface area contributed by atoms with Crippen LogP contribution in [-0.4, -0.2) is 56.0 Å². The van der Waals surface area contributed by atoms with E-state index >= 15 is 0 Å². The summed E-state index contributed by atoms with van der Waals surface area (Å²) >= 11 is 0. The van der Waals surface area contributed by atoms with Crippen LogP contribution < -0.4 is 10.6 Å². The Bertz CT molecular complexity index is 612. The standard InChI is InChI=1S/C13H20N4O3S/c1-3-21(19,20)17-8-10(9-17)7-16-12-11(13(18)14-2)5-4-6-15-12/h4-6,10H,3,7-9H2,1-2H3,(H,14,18)(H,15,16). The van der Waals surface area contributed by atoms with Crippen molar-refractivity contribution in [1.29, 1.82) is 0 Å². The summed E-state index contributed by atoms with van der Waals surface area (Å²) in [7, 11) is -1.51. The smallest absolute Gasteiger partial charge is 0.254 e. The Morgan fingerprint density at radius 3 is 2.81 bits per heavy atom. The van der Waals surface area contributed by atoms with E-state index in [4.69, 9.17) is 0 Å². The maximum atomic E-state index is 11.7. The van der Waals surface area contributed by atoms with Crippen LogP contribution in [0.3, 0.4) is 0 Å². The van der Waals surface area contributed by atoms with Gasteiger partial charge in [0.2, 0.25) is 10.0 Å². The van der Waals surface area contributed by atoms with Crippen molar-refractivity contribution in [3.8, 4) is 0 Å². The minimum Gasteiger partial charge on any atom is -0.369 e. The van der Waals surface area contributed by atoms with Crippen LogP contribution in [-0.2, 0) is 10.0 Å². The number of anilines is 1. The van der Waals surface area contributed by atoms with E-state index in [0.29, 0.717) is 31.0 Å². The highest BCUT2D eigenvalue weighted by molar-refractivity contribution is 7.89. The number of hydrogen-bond donors (Lipinski definition) is 2. The second-order valence-electron chi connectivity index (χ2n) is 4.94. The number of hydrogen-bond acceptors (Lipinski definition) is 5. The summed E-state index contributed by atoms with van der Waals surface area (Å²) in [4.78, 5) is 15.9. The Kier molecular flexibility index (Phi) is 4.79. The third-order valence-corrected chi connectivity index (χ3v) is 5.33. The molecule has 1 fully saturated rings. The molecule has 2 heterocycles. The molecule has 1 saturated heterocycles. The number of nitrogens with one attached hydrogen (secondary N) is 2. The molecule has 116 valence electrons. The molecule has 0 aliphatic carbocycles. The highest BCUT2D eigenvalue weighted by atomic mass is 32.2. The van der Waals surface area contributed by atoms with Crippen molar-refractivity contribution >= 4 is 21.7 Å². The van der Waals surface area contributed by atoms with Gasteiger partial charge in [-0.2, -0.15) is 0 Å². The van der Waals surface area contributed by atoms with Gasteiger partial charge in [0.25, 0.3) is 5.91 Å². The molecule has 1 aliphatic heterocycles. The van der Waals surface area contributed by atoms with Crippen molar-refractivity contribution < 1.29 is 13.2 Å². The summed E-state index contributed by atoms with van der Waals surface area (Å²) in [6.07, 6.45) is 1.61. The van der Waals surface area contributed by atoms with Crippen molar-refractivity contribution in [3.05, 3.63) is 23.9 Å². The summed E-state index contributed by atoms with van der Waals surface area (Å²) in [5, 5.41) is 5.69. The molecular weight excluding hydrogens is 292 g/mol. The van der Waals surface area contributed by atoms with E-state index in [1.807, 2.05) is 0 Å². The first kappa shape index (κ1) is 15.7. The average Bonchev–Trinajstić information content (AvgIpc) is 2.45. The van der Waals surface area contributed by atoms with E-state index in [9.17, 15) is 13.2 Å². The zero-order chi connectivity index (χ0) is 15.5. The second kappa shape index (κ2) is 6.40. The molecular formula is C13H20N4O3S. The van der Waals surface area contributed by atoms with Gasteiger partial charge in [-0.3, -0.25) is 4.79 Å². The largest absolute Gasteiger partial charge is 0.369 e. The van der Waals surface area contributed by atoms with Gasteiger partial charge in [-0.15, -0.1) is 0 Å². The Morgan fingerprint density at radius 1 is 1.48 bits per heavy atom. The quantitative estimate of drug-likeness (QED) is 0.779. The second-order valence-corrected chi connectivity index (χ2v) is 7.20. The van der Waals surface area contributed by atoms with Crippen molar-refractivity contribution in [2.75, 3.05) is 37.8 Å². The molecule has 0 saturated carbocycles. The van der Waals surface area contributed by atoms with E-state index in [1.54, 1.807) is 32.3 Å². The topological polar surface area (TPSA) is 91.4 Å². The first-order valence-corrected chi connectivity index (χ1v) is 8.47. The summed E-state index contributed by atoms with van der Waals surface area (Å²) in [5.74, 6) is 0.697. The van der Waals surface area contributed by atoms with Gasteiger partial charge in [0.05, 0.1) is 11.3 Å². The lowest BCUT2D eigenvalue weighted by Gasteiger charge is -2.38. The molecule has 1 aromatic heterocycles. The van der Waals surface area contributed by atoms with Crippen molar-refractivity contribution in [2.24, 2.45) is 5.92 Å². The first-order chi connectivity index (χ1) is 9.97. The molecule has 0 spiro atoms. The van der Waals surface area contributed by atoms with Crippen LogP contribution in [0.4, 0.5) is 5.82 Å². The lowest BCUT2D eigenvalue weighted by Crippen LogP contribution is -2.52. The van der Waals surface area contributed by atoms with Gasteiger partial charge >= 0.3 is 0 Å². The number of carbonyl (C=O) groups excluding carboxylic acids is 1. The lowest BCUT2D eigenvalue weighted by molar-refractivity contribution is 0.0963. The number of amides is 1. The predicted molar refractivity (Wildman–Crippen MR) is 80.6 cm³/mol. The number of nitrogens with zero attached hydrogens (tertiary/aromatic N) is 2.